The highest BCUT2D eigenvalue weighted by atomic mass is 32.2. The lowest BCUT2D eigenvalue weighted by Gasteiger charge is -2.12. The Morgan fingerprint density at radius 3 is 2.64 bits per heavy atom. The summed E-state index contributed by atoms with van der Waals surface area (Å²) in [7, 11) is 0. The molecule has 0 unspecified atom stereocenters. The maximum Gasteiger partial charge on any atom is 0.264 e. The van der Waals surface area contributed by atoms with Crippen LogP contribution in [-0.2, 0) is 11.3 Å². The Hall–Kier alpha value is -2.74. The zero-order valence-electron chi connectivity index (χ0n) is 14.1. The van der Waals surface area contributed by atoms with Gasteiger partial charge in [0.05, 0.1) is 0 Å². The number of carbonyl (C=O) groups is 1. The Labute approximate surface area is 148 Å². The average Bonchev–Trinajstić information content (AvgIpc) is 2.60. The van der Waals surface area contributed by atoms with Crippen LogP contribution in [0.1, 0.15) is 11.1 Å². The fraction of sp³-hybridized carbons (Fsp3) is 0.235. The molecular formula is C17H17N5O2S. The first-order chi connectivity index (χ1) is 12.0. The summed E-state index contributed by atoms with van der Waals surface area (Å²) in [4.78, 5) is 37.3. The third kappa shape index (κ3) is 3.53. The highest BCUT2D eigenvalue weighted by molar-refractivity contribution is 7.98. The number of benzene rings is 1. The van der Waals surface area contributed by atoms with Crippen LogP contribution in [0.3, 0.4) is 0 Å². The number of fused-ring (bicyclic) bond motifs is 1. The van der Waals surface area contributed by atoms with Gasteiger partial charge in [0.15, 0.2) is 10.8 Å². The van der Waals surface area contributed by atoms with E-state index < -0.39 is 0 Å². The van der Waals surface area contributed by atoms with E-state index in [-0.39, 0.29) is 18.0 Å². The van der Waals surface area contributed by atoms with Crippen molar-refractivity contribution in [2.75, 3.05) is 11.6 Å². The topological polar surface area (TPSA) is 89.8 Å². The first kappa shape index (κ1) is 17.1. The molecule has 0 spiro atoms. The molecule has 0 bridgehead atoms. The highest BCUT2D eigenvalue weighted by Gasteiger charge is 2.12. The third-order valence-electron chi connectivity index (χ3n) is 3.80. The van der Waals surface area contributed by atoms with Crippen LogP contribution < -0.4 is 10.9 Å². The molecule has 0 saturated heterocycles. The molecule has 128 valence electrons. The molecule has 2 heterocycles. The van der Waals surface area contributed by atoms with E-state index in [1.54, 1.807) is 0 Å². The second-order valence-electron chi connectivity index (χ2n) is 5.59. The number of carbonyl (C=O) groups excluding carboxylic acids is 1. The summed E-state index contributed by atoms with van der Waals surface area (Å²) in [5.41, 5.74) is 2.69. The predicted octanol–water partition coefficient (Wildman–Crippen LogP) is 2.16. The monoisotopic (exact) mass is 355 g/mol. The van der Waals surface area contributed by atoms with Crippen molar-refractivity contribution in [3.63, 3.8) is 0 Å². The summed E-state index contributed by atoms with van der Waals surface area (Å²) in [5.74, 6) is -0.290. The summed E-state index contributed by atoms with van der Waals surface area (Å²) < 4.78 is 1.26. The van der Waals surface area contributed by atoms with Crippen molar-refractivity contribution < 1.29 is 4.79 Å². The number of hydrogen-bond acceptors (Lipinski definition) is 6. The average molecular weight is 355 g/mol. The van der Waals surface area contributed by atoms with Crippen molar-refractivity contribution in [1.29, 1.82) is 0 Å². The second kappa shape index (κ2) is 7.02. The van der Waals surface area contributed by atoms with Crippen LogP contribution >= 0.6 is 11.8 Å². The van der Waals surface area contributed by atoms with Crippen molar-refractivity contribution >= 4 is 34.4 Å². The first-order valence-corrected chi connectivity index (χ1v) is 8.84. The predicted molar refractivity (Wildman–Crippen MR) is 97.9 cm³/mol. The van der Waals surface area contributed by atoms with Gasteiger partial charge in [-0.25, -0.2) is 15.0 Å². The molecule has 1 aromatic carbocycles. The van der Waals surface area contributed by atoms with Crippen LogP contribution in [0, 0.1) is 13.8 Å². The second-order valence-corrected chi connectivity index (χ2v) is 6.36. The lowest BCUT2D eigenvalue weighted by Crippen LogP contribution is -2.28. The Morgan fingerprint density at radius 1 is 1.24 bits per heavy atom. The lowest BCUT2D eigenvalue weighted by atomic mass is 10.1. The summed E-state index contributed by atoms with van der Waals surface area (Å²) in [6.07, 6.45) is 4.63. The van der Waals surface area contributed by atoms with E-state index in [4.69, 9.17) is 0 Å². The molecule has 7 nitrogen and oxygen atoms in total. The molecule has 3 aromatic rings. The molecule has 0 aliphatic rings. The number of thioether (sulfide) groups is 1. The molecule has 0 fully saturated rings. The van der Waals surface area contributed by atoms with E-state index in [0.29, 0.717) is 16.2 Å². The van der Waals surface area contributed by atoms with Crippen molar-refractivity contribution in [3.8, 4) is 0 Å². The normalized spacial score (nSPS) is 10.8. The largest absolute Gasteiger partial charge is 0.324 e. The third-order valence-corrected chi connectivity index (χ3v) is 4.36. The number of para-hydroxylation sites is 1. The Kier molecular flexibility index (Phi) is 4.80. The van der Waals surface area contributed by atoms with Crippen molar-refractivity contribution in [3.05, 3.63) is 52.2 Å². The summed E-state index contributed by atoms with van der Waals surface area (Å²) >= 11 is 1.37. The standard InChI is InChI=1S/C17H17N5O2S/c1-10-5-4-6-11(2)14(10)20-13(23)8-22-9-19-15-12(16(22)24)7-18-17(21-15)25-3/h4-7,9H,8H2,1-3H3,(H,20,23). The van der Waals surface area contributed by atoms with Gasteiger partial charge in [-0.1, -0.05) is 30.0 Å². The van der Waals surface area contributed by atoms with E-state index in [2.05, 4.69) is 20.3 Å². The number of hydrogen-bond donors (Lipinski definition) is 1. The maximum atomic E-state index is 12.5. The Morgan fingerprint density at radius 2 is 1.96 bits per heavy atom. The smallest absolute Gasteiger partial charge is 0.264 e. The molecule has 0 aliphatic carbocycles. The molecule has 1 amide bonds. The number of aromatic nitrogens is 4. The zero-order valence-corrected chi connectivity index (χ0v) is 14.9. The minimum absolute atomic E-state index is 0.125. The van der Waals surface area contributed by atoms with E-state index in [9.17, 15) is 9.59 Å². The van der Waals surface area contributed by atoms with Gasteiger partial charge in [0.1, 0.15) is 18.3 Å². The molecule has 0 atom stereocenters. The molecule has 8 heteroatoms. The van der Waals surface area contributed by atoms with Crippen LogP contribution in [0.2, 0.25) is 0 Å². The first-order valence-electron chi connectivity index (χ1n) is 7.62. The molecule has 2 aromatic heterocycles. The van der Waals surface area contributed by atoms with Crippen molar-refractivity contribution in [2.24, 2.45) is 0 Å². The maximum absolute atomic E-state index is 12.5. The van der Waals surface area contributed by atoms with Crippen molar-refractivity contribution in [1.82, 2.24) is 19.5 Å². The van der Waals surface area contributed by atoms with Gasteiger partial charge in [0, 0.05) is 11.9 Å². The van der Waals surface area contributed by atoms with E-state index >= 15 is 0 Å². The minimum atomic E-state index is -0.339. The van der Waals surface area contributed by atoms with E-state index in [0.717, 1.165) is 16.8 Å². The lowest BCUT2D eigenvalue weighted by molar-refractivity contribution is -0.116. The van der Waals surface area contributed by atoms with Gasteiger partial charge in [-0.15, -0.1) is 0 Å². The quantitative estimate of drug-likeness (QED) is 0.570. The molecule has 3 rings (SSSR count). The fourth-order valence-corrected chi connectivity index (χ4v) is 2.83. The minimum Gasteiger partial charge on any atom is -0.324 e. The summed E-state index contributed by atoms with van der Waals surface area (Å²) in [5, 5.41) is 3.70. The van der Waals surface area contributed by atoms with Gasteiger partial charge in [-0.2, -0.15) is 0 Å². The van der Waals surface area contributed by atoms with Gasteiger partial charge in [-0.05, 0) is 31.2 Å². The number of rotatable bonds is 4. The molecule has 1 N–H and O–H groups in total. The van der Waals surface area contributed by atoms with Crippen LogP contribution in [-0.4, -0.2) is 31.7 Å². The van der Waals surface area contributed by atoms with Gasteiger partial charge in [-0.3, -0.25) is 14.2 Å². The van der Waals surface area contributed by atoms with Crippen LogP contribution in [0.25, 0.3) is 11.0 Å². The van der Waals surface area contributed by atoms with Gasteiger partial charge < -0.3 is 5.32 Å². The number of aryl methyl sites for hydroxylation is 2. The van der Waals surface area contributed by atoms with Gasteiger partial charge in [0.25, 0.3) is 5.56 Å². The fourth-order valence-electron chi connectivity index (χ4n) is 2.49. The number of nitrogens with zero attached hydrogens (tertiary/aromatic N) is 4. The molecule has 0 saturated carbocycles. The van der Waals surface area contributed by atoms with Crippen LogP contribution in [0.4, 0.5) is 5.69 Å². The zero-order chi connectivity index (χ0) is 18.0. The van der Waals surface area contributed by atoms with Crippen molar-refractivity contribution in [2.45, 2.75) is 25.5 Å². The number of nitrogens with one attached hydrogen (secondary N) is 1. The van der Waals surface area contributed by atoms with E-state index in [1.165, 1.54) is 28.9 Å². The number of amides is 1. The summed E-state index contributed by atoms with van der Waals surface area (Å²) in [6.45, 7) is 3.72. The summed E-state index contributed by atoms with van der Waals surface area (Å²) in [6, 6.07) is 5.78. The SMILES string of the molecule is CSc1ncc2c(=O)n(CC(=O)Nc3c(C)cccc3C)cnc2n1. The Balaban J connectivity index is 1.86. The van der Waals surface area contributed by atoms with Gasteiger partial charge in [0.2, 0.25) is 5.91 Å². The molecule has 25 heavy (non-hydrogen) atoms. The van der Waals surface area contributed by atoms with Crippen LogP contribution in [0.5, 0.6) is 0 Å². The molecular weight excluding hydrogens is 338 g/mol. The Bertz CT molecular complexity index is 995. The molecule has 0 aliphatic heterocycles. The molecule has 0 radical (unpaired) electrons. The van der Waals surface area contributed by atoms with E-state index in [1.807, 2.05) is 38.3 Å². The highest BCUT2D eigenvalue weighted by Crippen LogP contribution is 2.19. The van der Waals surface area contributed by atoms with Crippen LogP contribution in [0.15, 0.2) is 40.7 Å². The number of anilines is 1. The van der Waals surface area contributed by atoms with Gasteiger partial charge >= 0.3 is 0 Å².